The molecule has 21 heavy (non-hydrogen) atoms. The van der Waals surface area contributed by atoms with Crippen LogP contribution in [0.2, 0.25) is 0 Å². The van der Waals surface area contributed by atoms with Crippen LogP contribution in [0.25, 0.3) is 0 Å². The highest BCUT2D eigenvalue weighted by Gasteiger charge is 2.24. The van der Waals surface area contributed by atoms with Gasteiger partial charge in [0.15, 0.2) is 4.34 Å². The van der Waals surface area contributed by atoms with E-state index in [0.29, 0.717) is 4.34 Å². The molecule has 2 rings (SSSR count). The van der Waals surface area contributed by atoms with Crippen molar-refractivity contribution in [1.82, 2.24) is 20.8 Å². The predicted molar refractivity (Wildman–Crippen MR) is 83.7 cm³/mol. The fourth-order valence-electron chi connectivity index (χ4n) is 1.38. The molecule has 0 aliphatic heterocycles. The highest BCUT2D eigenvalue weighted by Crippen LogP contribution is 2.27. The van der Waals surface area contributed by atoms with Crippen LogP contribution >= 0.6 is 23.1 Å². The van der Waals surface area contributed by atoms with Gasteiger partial charge in [-0.15, -0.1) is 10.2 Å². The van der Waals surface area contributed by atoms with Gasteiger partial charge >= 0.3 is 6.03 Å². The molecule has 0 atom stereocenters. The van der Waals surface area contributed by atoms with Crippen LogP contribution in [0.15, 0.2) is 4.34 Å². The van der Waals surface area contributed by atoms with Gasteiger partial charge in [0.1, 0.15) is 0 Å². The largest absolute Gasteiger partial charge is 0.355 e. The second kappa shape index (κ2) is 6.61. The fraction of sp³-hybridized carbons (Fsp3) is 0.667. The Morgan fingerprint density at radius 1 is 1.33 bits per heavy atom. The van der Waals surface area contributed by atoms with Crippen molar-refractivity contribution in [2.75, 3.05) is 11.1 Å². The molecule has 9 heteroatoms. The number of carbonyl (C=O) groups excluding carboxylic acids is 2. The van der Waals surface area contributed by atoms with Crippen molar-refractivity contribution in [3.8, 4) is 0 Å². The average molecular weight is 329 g/mol. The number of carbonyl (C=O) groups is 2. The Morgan fingerprint density at radius 2 is 2.05 bits per heavy atom. The summed E-state index contributed by atoms with van der Waals surface area (Å²) in [6, 6.07) is -0.185. The lowest BCUT2D eigenvalue weighted by Crippen LogP contribution is -2.41. The van der Waals surface area contributed by atoms with Crippen LogP contribution in [0.1, 0.15) is 33.6 Å². The molecule has 1 aliphatic carbocycles. The van der Waals surface area contributed by atoms with E-state index in [1.165, 1.54) is 23.1 Å². The zero-order valence-corrected chi connectivity index (χ0v) is 13.9. The summed E-state index contributed by atoms with van der Waals surface area (Å²) in [6.45, 7) is 6.10. The zero-order chi connectivity index (χ0) is 15.5. The number of urea groups is 1. The molecule has 1 fully saturated rings. The molecule has 1 saturated carbocycles. The van der Waals surface area contributed by atoms with E-state index in [0.717, 1.165) is 18.0 Å². The van der Waals surface area contributed by atoms with Gasteiger partial charge in [-0.3, -0.25) is 10.1 Å². The van der Waals surface area contributed by atoms with Gasteiger partial charge in [0.2, 0.25) is 11.0 Å². The molecular formula is C12H19N5O2S2. The molecule has 0 bridgehead atoms. The maximum atomic E-state index is 11.6. The second-order valence-corrected chi connectivity index (χ2v) is 8.03. The third-order valence-corrected chi connectivity index (χ3v) is 4.35. The van der Waals surface area contributed by atoms with E-state index in [-0.39, 0.29) is 23.2 Å². The summed E-state index contributed by atoms with van der Waals surface area (Å²) in [7, 11) is 0. The van der Waals surface area contributed by atoms with Crippen molar-refractivity contribution in [2.24, 2.45) is 0 Å². The molecule has 1 heterocycles. The lowest BCUT2D eigenvalue weighted by molar-refractivity contribution is -0.117. The first-order valence-corrected chi connectivity index (χ1v) is 8.47. The van der Waals surface area contributed by atoms with Crippen molar-refractivity contribution in [2.45, 2.75) is 49.5 Å². The smallest absolute Gasteiger partial charge is 0.321 e. The van der Waals surface area contributed by atoms with Crippen LogP contribution in [-0.2, 0) is 4.79 Å². The Labute approximate surface area is 131 Å². The highest BCUT2D eigenvalue weighted by atomic mass is 32.2. The minimum atomic E-state index is -0.421. The number of aromatic nitrogens is 2. The monoisotopic (exact) mass is 329 g/mol. The summed E-state index contributed by atoms with van der Waals surface area (Å²) in [4.78, 5) is 23.0. The number of nitrogens with one attached hydrogen (secondary N) is 3. The van der Waals surface area contributed by atoms with Gasteiger partial charge in [0, 0.05) is 11.6 Å². The van der Waals surface area contributed by atoms with Gasteiger partial charge in [0.25, 0.3) is 0 Å². The van der Waals surface area contributed by atoms with Crippen molar-refractivity contribution in [3.05, 3.63) is 0 Å². The number of imide groups is 1. The van der Waals surface area contributed by atoms with Crippen molar-refractivity contribution < 1.29 is 9.59 Å². The Morgan fingerprint density at radius 3 is 2.67 bits per heavy atom. The molecule has 0 spiro atoms. The molecule has 1 aromatic heterocycles. The van der Waals surface area contributed by atoms with Gasteiger partial charge in [-0.05, 0) is 33.6 Å². The lowest BCUT2D eigenvalue weighted by Gasteiger charge is -2.18. The van der Waals surface area contributed by atoms with Crippen LogP contribution in [0.4, 0.5) is 9.93 Å². The summed E-state index contributed by atoms with van der Waals surface area (Å²) in [5.41, 5.74) is -0.0836. The van der Waals surface area contributed by atoms with Gasteiger partial charge in [-0.1, -0.05) is 23.1 Å². The maximum absolute atomic E-state index is 11.6. The van der Waals surface area contributed by atoms with Crippen LogP contribution in [0, 0.1) is 0 Å². The quantitative estimate of drug-likeness (QED) is 0.713. The van der Waals surface area contributed by atoms with E-state index < -0.39 is 6.03 Å². The zero-order valence-electron chi connectivity index (χ0n) is 12.2. The minimum absolute atomic E-state index is 0.0836. The molecule has 3 amide bonds. The van der Waals surface area contributed by atoms with E-state index >= 15 is 0 Å². The molecule has 116 valence electrons. The number of amides is 3. The van der Waals surface area contributed by atoms with E-state index in [9.17, 15) is 9.59 Å². The minimum Gasteiger partial charge on any atom is -0.355 e. The first-order valence-electron chi connectivity index (χ1n) is 6.67. The summed E-state index contributed by atoms with van der Waals surface area (Å²) in [5.74, 6) is -0.193. The van der Waals surface area contributed by atoms with Crippen molar-refractivity contribution >= 4 is 40.2 Å². The molecule has 0 unspecified atom stereocenters. The third-order valence-electron chi connectivity index (χ3n) is 2.38. The summed E-state index contributed by atoms with van der Waals surface area (Å²) in [6.07, 6.45) is 1.98. The average Bonchev–Trinajstić information content (AvgIpc) is 3.03. The molecule has 3 N–H and O–H groups in total. The molecule has 0 aromatic carbocycles. The number of rotatable bonds is 5. The standard InChI is InChI=1S/C12H19N5O2S2/c1-12(2,3)15-10-16-17-11(21-10)20-6-8(18)14-9(19)13-7-4-5-7/h7H,4-6H2,1-3H3,(H,15,16)(H2,13,14,18,19). The number of nitrogens with zero attached hydrogens (tertiary/aromatic N) is 2. The Bertz CT molecular complexity index is 522. The van der Waals surface area contributed by atoms with Crippen molar-refractivity contribution in [1.29, 1.82) is 0 Å². The van der Waals surface area contributed by atoms with Gasteiger partial charge < -0.3 is 10.6 Å². The summed E-state index contributed by atoms with van der Waals surface area (Å²) in [5, 5.41) is 16.9. The van der Waals surface area contributed by atoms with Crippen LogP contribution < -0.4 is 16.0 Å². The molecule has 0 saturated heterocycles. The lowest BCUT2D eigenvalue weighted by atomic mass is 10.1. The predicted octanol–water partition coefficient (Wildman–Crippen LogP) is 1.83. The van der Waals surface area contributed by atoms with Gasteiger partial charge in [-0.2, -0.15) is 0 Å². The number of hydrogen-bond donors (Lipinski definition) is 3. The number of thioether (sulfide) groups is 1. The SMILES string of the molecule is CC(C)(C)Nc1nnc(SCC(=O)NC(=O)NC2CC2)s1. The Balaban J connectivity index is 1.72. The fourth-order valence-corrected chi connectivity index (χ4v) is 3.14. The van der Waals surface area contributed by atoms with Gasteiger partial charge in [0.05, 0.1) is 5.75 Å². The molecular weight excluding hydrogens is 310 g/mol. The maximum Gasteiger partial charge on any atom is 0.321 e. The first-order chi connectivity index (χ1) is 9.82. The Hall–Kier alpha value is -1.35. The van der Waals surface area contributed by atoms with Gasteiger partial charge in [-0.25, -0.2) is 4.79 Å². The Kier molecular flexibility index (Phi) is 5.04. The van der Waals surface area contributed by atoms with E-state index in [4.69, 9.17) is 0 Å². The molecule has 7 nitrogen and oxygen atoms in total. The van der Waals surface area contributed by atoms with E-state index in [2.05, 4.69) is 26.1 Å². The molecule has 1 aliphatic rings. The van der Waals surface area contributed by atoms with Crippen LogP contribution in [0.3, 0.4) is 0 Å². The summed E-state index contributed by atoms with van der Waals surface area (Å²) >= 11 is 2.66. The highest BCUT2D eigenvalue weighted by molar-refractivity contribution is 8.01. The van der Waals surface area contributed by atoms with E-state index in [1.807, 2.05) is 20.8 Å². The molecule has 1 aromatic rings. The number of hydrogen-bond acceptors (Lipinski definition) is 7. The van der Waals surface area contributed by atoms with Crippen LogP contribution in [0.5, 0.6) is 0 Å². The van der Waals surface area contributed by atoms with Crippen molar-refractivity contribution in [3.63, 3.8) is 0 Å². The first kappa shape index (κ1) is 16.0. The number of anilines is 1. The third kappa shape index (κ3) is 6.30. The second-order valence-electron chi connectivity index (χ2n) is 5.83. The molecule has 0 radical (unpaired) electrons. The van der Waals surface area contributed by atoms with E-state index in [1.54, 1.807) is 0 Å². The topological polar surface area (TPSA) is 96.0 Å². The normalized spacial score (nSPS) is 14.6. The summed E-state index contributed by atoms with van der Waals surface area (Å²) < 4.78 is 0.694. The van der Waals surface area contributed by atoms with Crippen LogP contribution in [-0.4, -0.2) is 39.5 Å².